The third-order valence-electron chi connectivity index (χ3n) is 3.96. The van der Waals surface area contributed by atoms with Gasteiger partial charge in [0.1, 0.15) is 0 Å². The van der Waals surface area contributed by atoms with Crippen LogP contribution in [0.15, 0.2) is 58.3 Å². The van der Waals surface area contributed by atoms with E-state index in [0.717, 1.165) is 27.6 Å². The Balaban J connectivity index is 1.77. The van der Waals surface area contributed by atoms with Crippen LogP contribution >= 0.6 is 11.8 Å². The second-order valence-corrected chi connectivity index (χ2v) is 7.44. The number of amides is 1. The number of para-hydroxylation sites is 2. The summed E-state index contributed by atoms with van der Waals surface area (Å²) in [5, 5.41) is 0. The summed E-state index contributed by atoms with van der Waals surface area (Å²) in [6.07, 6.45) is 1.10. The van der Waals surface area contributed by atoms with Gasteiger partial charge in [0, 0.05) is 16.2 Å². The zero-order chi connectivity index (χ0) is 17.8. The summed E-state index contributed by atoms with van der Waals surface area (Å²) in [6, 6.07) is 15.5. The molecule has 5 heteroatoms. The Morgan fingerprint density at radius 1 is 1.00 bits per heavy atom. The quantitative estimate of drug-likeness (QED) is 0.723. The van der Waals surface area contributed by atoms with Crippen LogP contribution in [0.5, 0.6) is 0 Å². The van der Waals surface area contributed by atoms with Crippen molar-refractivity contribution in [3.05, 3.63) is 48.5 Å². The molecule has 2 aromatic carbocycles. The lowest BCUT2D eigenvalue weighted by Crippen LogP contribution is -2.32. The Labute approximate surface area is 152 Å². The van der Waals surface area contributed by atoms with E-state index in [1.54, 1.807) is 16.7 Å². The van der Waals surface area contributed by atoms with Crippen LogP contribution in [0.1, 0.15) is 26.7 Å². The fourth-order valence-corrected chi connectivity index (χ4v) is 3.72. The van der Waals surface area contributed by atoms with Crippen LogP contribution in [-0.2, 0) is 14.3 Å². The standard InChI is InChI=1S/C20H21NO3S/c1-14(2)11-12-20(23)24-13-19(22)21-15-7-3-5-9-17(15)25-18-10-6-4-8-16(18)21/h3-10,14H,11-13H2,1-2H3. The van der Waals surface area contributed by atoms with Gasteiger partial charge >= 0.3 is 5.97 Å². The molecule has 130 valence electrons. The highest BCUT2D eigenvalue weighted by atomic mass is 32.2. The first-order valence-electron chi connectivity index (χ1n) is 8.40. The summed E-state index contributed by atoms with van der Waals surface area (Å²) in [4.78, 5) is 28.3. The number of hydrogen-bond acceptors (Lipinski definition) is 4. The van der Waals surface area contributed by atoms with Gasteiger partial charge in [-0.1, -0.05) is 49.9 Å². The molecule has 3 rings (SSSR count). The van der Waals surface area contributed by atoms with Crippen LogP contribution in [0.4, 0.5) is 11.4 Å². The van der Waals surface area contributed by atoms with Crippen LogP contribution in [-0.4, -0.2) is 18.5 Å². The normalized spacial score (nSPS) is 12.5. The lowest BCUT2D eigenvalue weighted by atomic mass is 10.1. The average molecular weight is 355 g/mol. The Hall–Kier alpha value is -2.27. The minimum Gasteiger partial charge on any atom is -0.456 e. The maximum Gasteiger partial charge on any atom is 0.306 e. The molecule has 0 spiro atoms. The highest BCUT2D eigenvalue weighted by molar-refractivity contribution is 7.99. The van der Waals surface area contributed by atoms with E-state index in [0.29, 0.717) is 12.3 Å². The van der Waals surface area contributed by atoms with Crippen molar-refractivity contribution in [1.82, 2.24) is 0 Å². The number of ether oxygens (including phenoxy) is 1. The van der Waals surface area contributed by atoms with Crippen molar-refractivity contribution in [2.45, 2.75) is 36.5 Å². The summed E-state index contributed by atoms with van der Waals surface area (Å²) in [5.41, 5.74) is 1.66. The topological polar surface area (TPSA) is 46.6 Å². The zero-order valence-electron chi connectivity index (χ0n) is 14.4. The predicted octanol–water partition coefficient (Wildman–Crippen LogP) is 4.80. The molecule has 0 fully saturated rings. The molecule has 4 nitrogen and oxygen atoms in total. The van der Waals surface area contributed by atoms with Crippen LogP contribution in [0.25, 0.3) is 0 Å². The Kier molecular flexibility index (Phi) is 5.43. The van der Waals surface area contributed by atoms with Gasteiger partial charge < -0.3 is 4.74 Å². The molecular formula is C20H21NO3S. The molecule has 2 aromatic rings. The summed E-state index contributed by atoms with van der Waals surface area (Å²) in [5.74, 6) is -0.130. The van der Waals surface area contributed by atoms with E-state index in [9.17, 15) is 9.59 Å². The largest absolute Gasteiger partial charge is 0.456 e. The zero-order valence-corrected chi connectivity index (χ0v) is 15.2. The highest BCUT2D eigenvalue weighted by Crippen LogP contribution is 2.47. The molecule has 0 radical (unpaired) electrons. The van der Waals surface area contributed by atoms with E-state index in [4.69, 9.17) is 4.74 Å². The minimum atomic E-state index is -0.324. The first-order chi connectivity index (χ1) is 12.1. The van der Waals surface area contributed by atoms with Gasteiger partial charge in [-0.15, -0.1) is 0 Å². The van der Waals surface area contributed by atoms with E-state index in [1.807, 2.05) is 48.5 Å². The minimum absolute atomic E-state index is 0.238. The van der Waals surface area contributed by atoms with Crippen molar-refractivity contribution in [3.8, 4) is 0 Å². The van der Waals surface area contributed by atoms with Crippen molar-refractivity contribution in [1.29, 1.82) is 0 Å². The van der Waals surface area contributed by atoms with Gasteiger partial charge in [-0.3, -0.25) is 14.5 Å². The fourth-order valence-electron chi connectivity index (χ4n) is 2.66. The van der Waals surface area contributed by atoms with Crippen molar-refractivity contribution >= 4 is 35.0 Å². The van der Waals surface area contributed by atoms with Crippen LogP contribution < -0.4 is 4.90 Å². The summed E-state index contributed by atoms with van der Waals surface area (Å²) in [7, 11) is 0. The fraction of sp³-hybridized carbons (Fsp3) is 0.300. The molecule has 0 aliphatic carbocycles. The lowest BCUT2D eigenvalue weighted by Gasteiger charge is -2.30. The van der Waals surface area contributed by atoms with Gasteiger partial charge in [0.05, 0.1) is 11.4 Å². The number of nitrogens with zero attached hydrogens (tertiary/aromatic N) is 1. The molecule has 0 bridgehead atoms. The molecule has 0 aromatic heterocycles. The number of carbonyl (C=O) groups excluding carboxylic acids is 2. The van der Waals surface area contributed by atoms with Crippen LogP contribution in [0, 0.1) is 5.92 Å². The van der Waals surface area contributed by atoms with Crippen molar-refractivity contribution < 1.29 is 14.3 Å². The van der Waals surface area contributed by atoms with E-state index in [1.165, 1.54) is 0 Å². The number of hydrogen-bond donors (Lipinski definition) is 0. The second kappa shape index (κ2) is 7.74. The van der Waals surface area contributed by atoms with Gasteiger partial charge in [0.15, 0.2) is 6.61 Å². The molecule has 0 atom stereocenters. The number of anilines is 2. The molecular weight excluding hydrogens is 334 g/mol. The molecule has 1 aliphatic rings. The van der Waals surface area contributed by atoms with Crippen molar-refractivity contribution in [3.63, 3.8) is 0 Å². The summed E-state index contributed by atoms with van der Waals surface area (Å²) >= 11 is 1.64. The van der Waals surface area contributed by atoms with Gasteiger partial charge in [-0.05, 0) is 36.6 Å². The second-order valence-electron chi connectivity index (χ2n) is 6.36. The number of rotatable bonds is 5. The Morgan fingerprint density at radius 3 is 2.12 bits per heavy atom. The average Bonchev–Trinajstić information content (AvgIpc) is 2.62. The number of fused-ring (bicyclic) bond motifs is 2. The lowest BCUT2D eigenvalue weighted by molar-refractivity contribution is -0.147. The summed E-state index contributed by atoms with van der Waals surface area (Å²) in [6.45, 7) is 3.86. The molecule has 0 saturated carbocycles. The van der Waals surface area contributed by atoms with Crippen molar-refractivity contribution in [2.75, 3.05) is 11.5 Å². The molecule has 1 heterocycles. The molecule has 25 heavy (non-hydrogen) atoms. The maximum atomic E-state index is 12.8. The van der Waals surface area contributed by atoms with Gasteiger partial charge in [0.2, 0.25) is 0 Å². The maximum absolute atomic E-state index is 12.8. The molecule has 1 amide bonds. The SMILES string of the molecule is CC(C)CCC(=O)OCC(=O)N1c2ccccc2Sc2ccccc21. The van der Waals surface area contributed by atoms with Crippen LogP contribution in [0.2, 0.25) is 0 Å². The van der Waals surface area contributed by atoms with E-state index in [2.05, 4.69) is 13.8 Å². The van der Waals surface area contributed by atoms with E-state index < -0.39 is 0 Å². The third kappa shape index (κ3) is 4.04. The van der Waals surface area contributed by atoms with Gasteiger partial charge in [0.25, 0.3) is 5.91 Å². The first kappa shape index (κ1) is 17.5. The third-order valence-corrected chi connectivity index (χ3v) is 5.09. The molecule has 0 unspecified atom stereocenters. The Bertz CT molecular complexity index is 743. The summed E-state index contributed by atoms with van der Waals surface area (Å²) < 4.78 is 5.20. The van der Waals surface area contributed by atoms with Crippen LogP contribution in [0.3, 0.4) is 0 Å². The molecule has 1 aliphatic heterocycles. The number of carbonyl (C=O) groups is 2. The molecule has 0 N–H and O–H groups in total. The first-order valence-corrected chi connectivity index (χ1v) is 9.22. The smallest absolute Gasteiger partial charge is 0.306 e. The van der Waals surface area contributed by atoms with Gasteiger partial charge in [-0.25, -0.2) is 0 Å². The van der Waals surface area contributed by atoms with E-state index >= 15 is 0 Å². The highest BCUT2D eigenvalue weighted by Gasteiger charge is 2.28. The molecule has 0 saturated heterocycles. The van der Waals surface area contributed by atoms with E-state index in [-0.39, 0.29) is 18.5 Å². The van der Waals surface area contributed by atoms with Gasteiger partial charge in [-0.2, -0.15) is 0 Å². The van der Waals surface area contributed by atoms with Crippen molar-refractivity contribution in [2.24, 2.45) is 5.92 Å². The monoisotopic (exact) mass is 355 g/mol. The predicted molar refractivity (Wildman–Crippen MR) is 99.2 cm³/mol. The number of esters is 1. The number of benzene rings is 2. The Morgan fingerprint density at radius 2 is 1.56 bits per heavy atom.